The summed E-state index contributed by atoms with van der Waals surface area (Å²) in [5.74, 6) is -2.52. The summed E-state index contributed by atoms with van der Waals surface area (Å²) >= 11 is 0. The highest BCUT2D eigenvalue weighted by Gasteiger charge is 2.33. The summed E-state index contributed by atoms with van der Waals surface area (Å²) in [6, 6.07) is 1.92. The molecule has 0 aliphatic carbocycles. The van der Waals surface area contributed by atoms with Crippen LogP contribution in [0.15, 0.2) is 24.8 Å². The number of allylic oxidation sites excluding steroid dienone is 1. The minimum absolute atomic E-state index is 0.463. The average molecular weight is 208 g/mol. The molecule has 1 aromatic rings. The second-order valence-corrected chi connectivity index (χ2v) is 2.61. The first-order valence-corrected chi connectivity index (χ1v) is 3.54. The minimum atomic E-state index is -4.63. The number of rotatable bonds is 1. The van der Waals surface area contributed by atoms with E-state index in [4.69, 9.17) is 0 Å². The summed E-state index contributed by atoms with van der Waals surface area (Å²) in [6.07, 6.45) is -4.63. The summed E-state index contributed by atoms with van der Waals surface area (Å²) < 4.78 is 61.1. The van der Waals surface area contributed by atoms with Gasteiger partial charge in [-0.2, -0.15) is 13.2 Å². The molecule has 76 valence electrons. The van der Waals surface area contributed by atoms with E-state index in [1.807, 2.05) is 0 Å². The molecule has 1 aromatic carbocycles. The zero-order valence-electron chi connectivity index (χ0n) is 6.83. The Balaban J connectivity index is 3.10. The molecule has 1 rings (SSSR count). The summed E-state index contributed by atoms with van der Waals surface area (Å²) in [4.78, 5) is 0. The van der Waals surface area contributed by atoms with Gasteiger partial charge in [0.1, 0.15) is 0 Å². The minimum Gasteiger partial charge on any atom is -0.204 e. The highest BCUT2D eigenvalue weighted by Crippen LogP contribution is 2.32. The molecule has 0 atom stereocenters. The first kappa shape index (κ1) is 10.7. The van der Waals surface area contributed by atoms with Crippen LogP contribution in [0.1, 0.15) is 5.56 Å². The third-order valence-corrected chi connectivity index (χ3v) is 1.61. The van der Waals surface area contributed by atoms with Gasteiger partial charge in [0, 0.05) is 0 Å². The SMILES string of the molecule is C=C(c1ccc(F)c(F)c1)C(F)(F)F. The van der Waals surface area contributed by atoms with E-state index in [1.54, 1.807) is 0 Å². The predicted molar refractivity (Wildman–Crippen MR) is 41.4 cm³/mol. The lowest BCUT2D eigenvalue weighted by atomic mass is 10.1. The maximum atomic E-state index is 12.5. The van der Waals surface area contributed by atoms with Crippen molar-refractivity contribution in [1.82, 2.24) is 0 Å². The Kier molecular flexibility index (Phi) is 2.59. The summed E-state index contributed by atoms with van der Waals surface area (Å²) in [5.41, 5.74) is -1.67. The lowest BCUT2D eigenvalue weighted by Gasteiger charge is -2.09. The monoisotopic (exact) mass is 208 g/mol. The molecule has 0 aromatic heterocycles. The highest BCUT2D eigenvalue weighted by molar-refractivity contribution is 5.67. The smallest absolute Gasteiger partial charge is 0.204 e. The molecule has 14 heavy (non-hydrogen) atoms. The van der Waals surface area contributed by atoms with Crippen LogP contribution in [0.25, 0.3) is 5.57 Å². The molecule has 0 unspecified atom stereocenters. The van der Waals surface area contributed by atoms with Crippen LogP contribution < -0.4 is 0 Å². The van der Waals surface area contributed by atoms with Crippen LogP contribution in [-0.2, 0) is 0 Å². The zero-order valence-corrected chi connectivity index (χ0v) is 6.83. The van der Waals surface area contributed by atoms with Crippen molar-refractivity contribution in [3.8, 4) is 0 Å². The number of hydrogen-bond acceptors (Lipinski definition) is 0. The molecule has 0 aliphatic rings. The molecule has 0 fully saturated rings. The Hall–Kier alpha value is -1.39. The van der Waals surface area contributed by atoms with Crippen molar-refractivity contribution in [3.63, 3.8) is 0 Å². The lowest BCUT2D eigenvalue weighted by molar-refractivity contribution is -0.0686. The first-order valence-electron chi connectivity index (χ1n) is 3.54. The Morgan fingerprint density at radius 2 is 1.64 bits per heavy atom. The molecule has 0 aliphatic heterocycles. The van der Waals surface area contributed by atoms with Gasteiger partial charge in [-0.3, -0.25) is 0 Å². The van der Waals surface area contributed by atoms with Crippen molar-refractivity contribution in [1.29, 1.82) is 0 Å². The second-order valence-electron chi connectivity index (χ2n) is 2.61. The fourth-order valence-corrected chi connectivity index (χ4v) is 0.848. The van der Waals surface area contributed by atoms with E-state index < -0.39 is 28.9 Å². The Morgan fingerprint density at radius 1 is 1.07 bits per heavy atom. The Bertz CT molecular complexity index is 364. The quantitative estimate of drug-likeness (QED) is 0.619. The van der Waals surface area contributed by atoms with Crippen LogP contribution >= 0.6 is 0 Å². The predicted octanol–water partition coefficient (Wildman–Crippen LogP) is 3.54. The van der Waals surface area contributed by atoms with E-state index in [2.05, 4.69) is 6.58 Å². The molecule has 0 saturated heterocycles. The van der Waals surface area contributed by atoms with Crippen LogP contribution in [-0.4, -0.2) is 6.18 Å². The van der Waals surface area contributed by atoms with Gasteiger partial charge in [0.05, 0.1) is 5.57 Å². The summed E-state index contributed by atoms with van der Waals surface area (Å²) in [5, 5.41) is 0. The normalized spacial score (nSPS) is 11.5. The molecule has 0 amide bonds. The molecule has 0 nitrogen and oxygen atoms in total. The number of alkyl halides is 3. The molecule has 5 heteroatoms. The maximum Gasteiger partial charge on any atom is 0.416 e. The van der Waals surface area contributed by atoms with Crippen molar-refractivity contribution >= 4 is 5.57 Å². The van der Waals surface area contributed by atoms with Gasteiger partial charge in [-0.1, -0.05) is 12.6 Å². The Morgan fingerprint density at radius 3 is 2.07 bits per heavy atom. The van der Waals surface area contributed by atoms with Crippen molar-refractivity contribution in [2.75, 3.05) is 0 Å². The topological polar surface area (TPSA) is 0 Å². The van der Waals surface area contributed by atoms with Gasteiger partial charge in [-0.25, -0.2) is 8.78 Å². The van der Waals surface area contributed by atoms with Gasteiger partial charge in [0.15, 0.2) is 11.6 Å². The number of benzene rings is 1. The molecule has 0 radical (unpaired) electrons. The fraction of sp³-hybridized carbons (Fsp3) is 0.111. The van der Waals surface area contributed by atoms with Crippen LogP contribution in [0.3, 0.4) is 0 Å². The van der Waals surface area contributed by atoms with E-state index >= 15 is 0 Å². The zero-order chi connectivity index (χ0) is 10.9. The van der Waals surface area contributed by atoms with Gasteiger partial charge >= 0.3 is 6.18 Å². The van der Waals surface area contributed by atoms with Crippen molar-refractivity contribution in [2.45, 2.75) is 6.18 Å². The summed E-state index contributed by atoms with van der Waals surface area (Å²) in [6.45, 7) is 2.75. The van der Waals surface area contributed by atoms with Crippen LogP contribution in [0, 0.1) is 11.6 Å². The van der Waals surface area contributed by atoms with E-state index in [-0.39, 0.29) is 0 Å². The maximum absolute atomic E-state index is 12.5. The molecule has 0 spiro atoms. The molecule has 0 saturated carbocycles. The van der Waals surface area contributed by atoms with E-state index in [0.29, 0.717) is 12.1 Å². The molecule has 0 heterocycles. The van der Waals surface area contributed by atoms with Gasteiger partial charge in [0.25, 0.3) is 0 Å². The second kappa shape index (κ2) is 3.40. The van der Waals surface area contributed by atoms with Crippen molar-refractivity contribution in [3.05, 3.63) is 42.0 Å². The van der Waals surface area contributed by atoms with Gasteiger partial charge in [-0.05, 0) is 17.7 Å². The first-order chi connectivity index (χ1) is 6.32. The molecule has 0 bridgehead atoms. The number of halogens is 5. The van der Waals surface area contributed by atoms with Crippen molar-refractivity contribution in [2.24, 2.45) is 0 Å². The van der Waals surface area contributed by atoms with Gasteiger partial charge in [0.2, 0.25) is 0 Å². The van der Waals surface area contributed by atoms with Gasteiger partial charge < -0.3 is 0 Å². The third-order valence-electron chi connectivity index (χ3n) is 1.61. The lowest BCUT2D eigenvalue weighted by Crippen LogP contribution is -2.09. The van der Waals surface area contributed by atoms with E-state index in [1.165, 1.54) is 0 Å². The standard InChI is InChI=1S/C9H5F5/c1-5(9(12,13)14)6-2-3-7(10)8(11)4-6/h2-4H,1H2. The molecule has 0 N–H and O–H groups in total. The summed E-state index contributed by atoms with van der Waals surface area (Å²) in [7, 11) is 0. The fourth-order valence-electron chi connectivity index (χ4n) is 0.848. The Labute approximate surface area is 76.7 Å². The van der Waals surface area contributed by atoms with Crippen LogP contribution in [0.5, 0.6) is 0 Å². The van der Waals surface area contributed by atoms with E-state index in [9.17, 15) is 22.0 Å². The highest BCUT2D eigenvalue weighted by atomic mass is 19.4. The third kappa shape index (κ3) is 2.10. The van der Waals surface area contributed by atoms with Crippen LogP contribution in [0.2, 0.25) is 0 Å². The van der Waals surface area contributed by atoms with E-state index in [0.717, 1.165) is 6.07 Å². The van der Waals surface area contributed by atoms with Crippen LogP contribution in [0.4, 0.5) is 22.0 Å². The number of hydrogen-bond donors (Lipinski definition) is 0. The molecular formula is C9H5F5. The average Bonchev–Trinajstić information content (AvgIpc) is 2.07. The molecular weight excluding hydrogens is 203 g/mol. The largest absolute Gasteiger partial charge is 0.416 e. The van der Waals surface area contributed by atoms with Gasteiger partial charge in [-0.15, -0.1) is 0 Å². The van der Waals surface area contributed by atoms with Crippen molar-refractivity contribution < 1.29 is 22.0 Å².